The van der Waals surface area contributed by atoms with E-state index in [1.165, 1.54) is 59.0 Å². The van der Waals surface area contributed by atoms with Gasteiger partial charge >= 0.3 is 5.97 Å². The summed E-state index contributed by atoms with van der Waals surface area (Å²) >= 11 is 4.04. The minimum absolute atomic E-state index is 0.0821. The number of aromatic nitrogens is 3. The molecule has 0 radical (unpaired) electrons. The summed E-state index contributed by atoms with van der Waals surface area (Å²) in [6, 6.07) is 3.61. The van der Waals surface area contributed by atoms with Gasteiger partial charge in [-0.2, -0.15) is 0 Å². The van der Waals surface area contributed by atoms with Gasteiger partial charge in [-0.3, -0.25) is 19.3 Å². The minimum Gasteiger partial charge on any atom is -0.477 e. The van der Waals surface area contributed by atoms with Crippen molar-refractivity contribution in [2.24, 2.45) is 5.16 Å². The van der Waals surface area contributed by atoms with E-state index in [4.69, 9.17) is 4.84 Å². The number of fused-ring (bicyclic) bond motifs is 1. The number of hydrogen-bond acceptors (Lipinski definition) is 12. The fraction of sp³-hybridized carbons (Fsp3) is 0.263. The number of carboxylic acids is 1. The lowest BCUT2D eigenvalue weighted by Gasteiger charge is -2.49. The number of amides is 3. The van der Waals surface area contributed by atoms with Gasteiger partial charge in [-0.05, 0) is 17.7 Å². The summed E-state index contributed by atoms with van der Waals surface area (Å²) in [4.78, 5) is 58.7. The lowest BCUT2D eigenvalue weighted by molar-refractivity contribution is -0.150. The van der Waals surface area contributed by atoms with Crippen LogP contribution in [0.2, 0.25) is 0 Å². The van der Waals surface area contributed by atoms with Gasteiger partial charge in [0.2, 0.25) is 6.41 Å². The first kappa shape index (κ1) is 24.6. The summed E-state index contributed by atoms with van der Waals surface area (Å²) in [5.41, 5.74) is 1.98. The highest BCUT2D eigenvalue weighted by Gasteiger charge is 2.54. The average molecular weight is 536 g/mol. The molecule has 4 rings (SSSR count). The fourth-order valence-corrected chi connectivity index (χ4v) is 6.36. The van der Waals surface area contributed by atoms with Gasteiger partial charge in [-0.25, -0.2) is 9.78 Å². The number of hydrogen-bond donors (Lipinski definition) is 3. The molecule has 4 heterocycles. The van der Waals surface area contributed by atoms with Crippen molar-refractivity contribution in [3.63, 3.8) is 0 Å². The van der Waals surface area contributed by atoms with Crippen molar-refractivity contribution in [1.82, 2.24) is 25.4 Å². The molecular formula is C19H17N7O6S3. The number of thioether (sulfide) groups is 2. The number of carboxylic acid groups (broad SMARTS) is 1. The molecule has 2 aliphatic heterocycles. The van der Waals surface area contributed by atoms with Crippen molar-refractivity contribution in [1.29, 1.82) is 0 Å². The van der Waals surface area contributed by atoms with Crippen LogP contribution in [0.4, 0.5) is 5.82 Å². The van der Waals surface area contributed by atoms with Crippen LogP contribution >= 0.6 is 34.9 Å². The monoisotopic (exact) mass is 535 g/mol. The van der Waals surface area contributed by atoms with E-state index >= 15 is 0 Å². The Bertz CT molecular complexity index is 1220. The maximum absolute atomic E-state index is 13.0. The Morgan fingerprint density at radius 2 is 2.26 bits per heavy atom. The number of nitrogens with one attached hydrogen (secondary N) is 2. The predicted octanol–water partition coefficient (Wildman–Crippen LogP) is 0.383. The molecule has 2 aliphatic rings. The van der Waals surface area contributed by atoms with Crippen LogP contribution in [0.15, 0.2) is 44.5 Å². The summed E-state index contributed by atoms with van der Waals surface area (Å²) in [6.07, 6.45) is 0.440. The molecular weight excluding hydrogens is 518 g/mol. The highest BCUT2D eigenvalue weighted by Crippen LogP contribution is 2.41. The van der Waals surface area contributed by atoms with Gasteiger partial charge in [0, 0.05) is 11.5 Å². The molecule has 13 nitrogen and oxygen atoms in total. The Morgan fingerprint density at radius 3 is 2.94 bits per heavy atom. The fourth-order valence-electron chi connectivity index (χ4n) is 3.38. The zero-order chi connectivity index (χ0) is 24.9. The first-order valence-corrected chi connectivity index (χ1v) is 12.7. The van der Waals surface area contributed by atoms with E-state index in [0.717, 1.165) is 0 Å². The molecule has 0 aliphatic carbocycles. The van der Waals surface area contributed by atoms with Crippen molar-refractivity contribution < 1.29 is 29.1 Å². The van der Waals surface area contributed by atoms with Crippen LogP contribution in [-0.2, 0) is 24.0 Å². The Morgan fingerprint density at radius 1 is 1.43 bits per heavy atom. The molecule has 1 saturated heterocycles. The van der Waals surface area contributed by atoms with Crippen LogP contribution in [0.5, 0.6) is 0 Å². The van der Waals surface area contributed by atoms with Gasteiger partial charge in [0.1, 0.15) is 41.2 Å². The predicted molar refractivity (Wildman–Crippen MR) is 128 cm³/mol. The van der Waals surface area contributed by atoms with Crippen LogP contribution < -0.4 is 10.6 Å². The molecule has 1 unspecified atom stereocenters. The highest BCUT2D eigenvalue weighted by molar-refractivity contribution is 8.01. The quantitative estimate of drug-likeness (QED) is 0.126. The molecule has 0 spiro atoms. The van der Waals surface area contributed by atoms with Crippen molar-refractivity contribution in [3.05, 3.63) is 40.7 Å². The van der Waals surface area contributed by atoms with Crippen LogP contribution in [-0.4, -0.2) is 85.1 Å². The summed E-state index contributed by atoms with van der Waals surface area (Å²) < 4.78 is 0.695. The van der Waals surface area contributed by atoms with Crippen molar-refractivity contribution in [2.75, 3.05) is 23.9 Å². The second-order valence-electron chi connectivity index (χ2n) is 6.90. The molecule has 3 N–H and O–H groups in total. The molecule has 2 atom stereocenters. The van der Waals surface area contributed by atoms with Gasteiger partial charge in [0.25, 0.3) is 11.8 Å². The molecule has 0 aromatic carbocycles. The Balaban J connectivity index is 1.50. The Labute approximate surface area is 210 Å². The van der Waals surface area contributed by atoms with Crippen LogP contribution in [0.25, 0.3) is 0 Å². The normalized spacial score (nSPS) is 19.5. The van der Waals surface area contributed by atoms with Gasteiger partial charge in [-0.15, -0.1) is 22.0 Å². The Kier molecular flexibility index (Phi) is 7.62. The van der Waals surface area contributed by atoms with Crippen molar-refractivity contribution >= 4 is 70.6 Å². The first-order chi connectivity index (χ1) is 16.9. The second-order valence-corrected chi connectivity index (χ2v) is 10.1. The van der Waals surface area contributed by atoms with E-state index in [2.05, 4.69) is 31.0 Å². The smallest absolute Gasteiger partial charge is 0.352 e. The number of carbonyl (C=O) groups is 4. The minimum atomic E-state index is -1.22. The number of pyridine rings is 1. The standard InChI is InChI=1S/C19H17N7O6S3/c1-32-25-12(10-3-2-4-11(22-10)20-7-27)15(28)23-13-16(29)26-14(18(30)31)9(5-33-17(13)26)6-34-19-24-21-8-35-19/h2-4,7-8,13,17H,5-6H2,1H3,(H,23,28)(H,30,31)(H,20,22,27)/t13?,17-/m1/s1. The van der Waals surface area contributed by atoms with E-state index in [-0.39, 0.29) is 22.9 Å². The average Bonchev–Trinajstić information content (AvgIpc) is 3.37. The topological polar surface area (TPSA) is 176 Å². The van der Waals surface area contributed by atoms with Crippen LogP contribution in [0.3, 0.4) is 0 Å². The first-order valence-electron chi connectivity index (χ1n) is 9.83. The molecule has 16 heteroatoms. The number of rotatable bonds is 10. The lowest BCUT2D eigenvalue weighted by Crippen LogP contribution is -2.71. The van der Waals surface area contributed by atoms with Gasteiger partial charge in [0.15, 0.2) is 10.1 Å². The second kappa shape index (κ2) is 10.8. The third kappa shape index (κ3) is 5.13. The summed E-state index contributed by atoms with van der Waals surface area (Å²) in [6.45, 7) is 0. The summed E-state index contributed by atoms with van der Waals surface area (Å²) in [5.74, 6) is -1.59. The largest absolute Gasteiger partial charge is 0.477 e. The zero-order valence-corrected chi connectivity index (χ0v) is 20.4. The summed E-state index contributed by atoms with van der Waals surface area (Å²) in [7, 11) is 1.25. The number of oxime groups is 1. The third-order valence-corrected chi connectivity index (χ3v) is 8.13. The van der Waals surface area contributed by atoms with Crippen LogP contribution in [0.1, 0.15) is 5.69 Å². The van der Waals surface area contributed by atoms with Gasteiger partial charge in [0.05, 0.1) is 0 Å². The molecule has 0 bridgehead atoms. The molecule has 1 fully saturated rings. The van der Waals surface area contributed by atoms with E-state index < -0.39 is 29.2 Å². The molecule has 2 aromatic heterocycles. The van der Waals surface area contributed by atoms with Crippen molar-refractivity contribution in [2.45, 2.75) is 15.8 Å². The SMILES string of the molecule is CON=C(C(=O)NC1C(=O)N2C(C(=O)O)=C(CSc3nncs3)CS[C@H]12)c1cccc(NC=O)n1. The molecule has 182 valence electrons. The van der Waals surface area contributed by atoms with Crippen LogP contribution in [0, 0.1) is 0 Å². The third-order valence-electron chi connectivity index (χ3n) is 4.84. The Hall–Kier alpha value is -3.50. The lowest BCUT2D eigenvalue weighted by atomic mass is 10.0. The van der Waals surface area contributed by atoms with Gasteiger partial charge < -0.3 is 20.6 Å². The molecule has 3 amide bonds. The highest BCUT2D eigenvalue weighted by atomic mass is 32.2. The number of anilines is 1. The van der Waals surface area contributed by atoms with Crippen molar-refractivity contribution in [3.8, 4) is 0 Å². The van der Waals surface area contributed by atoms with E-state index in [0.29, 0.717) is 27.8 Å². The molecule has 0 saturated carbocycles. The maximum Gasteiger partial charge on any atom is 0.352 e. The number of nitrogens with zero attached hydrogens (tertiary/aromatic N) is 5. The number of aliphatic carboxylic acids is 1. The van der Waals surface area contributed by atoms with E-state index in [1.54, 1.807) is 11.6 Å². The molecule has 2 aromatic rings. The number of β-lactam (4-membered cyclic amide) rings is 1. The van der Waals surface area contributed by atoms with E-state index in [1.807, 2.05) is 0 Å². The maximum atomic E-state index is 13.0. The summed E-state index contributed by atoms with van der Waals surface area (Å²) in [5, 5.41) is 25.6. The number of carbonyl (C=O) groups excluding carboxylic acids is 3. The van der Waals surface area contributed by atoms with E-state index in [9.17, 15) is 24.3 Å². The molecule has 35 heavy (non-hydrogen) atoms. The zero-order valence-electron chi connectivity index (χ0n) is 17.9. The van der Waals surface area contributed by atoms with Gasteiger partial charge in [-0.1, -0.05) is 34.3 Å².